The highest BCUT2D eigenvalue weighted by Gasteiger charge is 2.33. The molecule has 2 unspecified atom stereocenters. The van der Waals surface area contributed by atoms with E-state index in [9.17, 15) is 0 Å². The van der Waals surface area contributed by atoms with Crippen LogP contribution in [0.1, 0.15) is 57.2 Å². The molecule has 0 aromatic carbocycles. The Labute approximate surface area is 121 Å². The smallest absolute Gasteiger partial charge is 0.240 e. The monoisotopic (exact) mass is 278 g/mol. The molecule has 0 amide bonds. The zero-order valence-corrected chi connectivity index (χ0v) is 12.5. The summed E-state index contributed by atoms with van der Waals surface area (Å²) >= 11 is 0. The summed E-state index contributed by atoms with van der Waals surface area (Å²) < 4.78 is 5.41. The van der Waals surface area contributed by atoms with Gasteiger partial charge in [-0.15, -0.1) is 0 Å². The highest BCUT2D eigenvalue weighted by atomic mass is 16.5. The van der Waals surface area contributed by atoms with Gasteiger partial charge in [0.2, 0.25) is 5.89 Å². The van der Waals surface area contributed by atoms with Crippen LogP contribution in [0.4, 0.5) is 0 Å². The topological polar surface area (TPSA) is 54.2 Å². The molecule has 3 heterocycles. The van der Waals surface area contributed by atoms with Crippen LogP contribution >= 0.6 is 0 Å². The Kier molecular flexibility index (Phi) is 4.68. The standard InChI is InChI=1S/C15H26N4O/c1-2-3-8-14-17-15(20-18-14)11-19-10-5-7-13(19)12-6-4-9-16-12/h12-13,16H,2-11H2,1H3. The normalized spacial score (nSPS) is 27.4. The van der Waals surface area contributed by atoms with Crippen LogP contribution in [0.5, 0.6) is 0 Å². The van der Waals surface area contributed by atoms with Crippen molar-refractivity contribution in [1.29, 1.82) is 0 Å². The van der Waals surface area contributed by atoms with Gasteiger partial charge < -0.3 is 9.84 Å². The number of unbranched alkanes of at least 4 members (excludes halogenated alkanes) is 1. The molecule has 2 aliphatic heterocycles. The number of hydrogen-bond donors (Lipinski definition) is 1. The summed E-state index contributed by atoms with van der Waals surface area (Å²) in [6.45, 7) is 5.35. The first-order valence-corrected chi connectivity index (χ1v) is 8.15. The predicted octanol–water partition coefficient (Wildman–Crippen LogP) is 2.13. The fraction of sp³-hybridized carbons (Fsp3) is 0.867. The largest absolute Gasteiger partial charge is 0.338 e. The van der Waals surface area contributed by atoms with Crippen LogP contribution in [-0.4, -0.2) is 40.2 Å². The van der Waals surface area contributed by atoms with Crippen molar-refractivity contribution in [2.24, 2.45) is 0 Å². The summed E-state index contributed by atoms with van der Waals surface area (Å²) in [5.41, 5.74) is 0. The quantitative estimate of drug-likeness (QED) is 0.864. The minimum atomic E-state index is 0.656. The van der Waals surface area contributed by atoms with E-state index >= 15 is 0 Å². The van der Waals surface area contributed by atoms with Gasteiger partial charge in [-0.05, 0) is 45.2 Å². The maximum Gasteiger partial charge on any atom is 0.240 e. The van der Waals surface area contributed by atoms with Gasteiger partial charge in [-0.2, -0.15) is 4.98 Å². The van der Waals surface area contributed by atoms with Crippen molar-refractivity contribution in [1.82, 2.24) is 20.4 Å². The van der Waals surface area contributed by atoms with Gasteiger partial charge in [-0.1, -0.05) is 18.5 Å². The molecule has 0 aliphatic carbocycles. The third-order valence-corrected chi connectivity index (χ3v) is 4.58. The Bertz CT molecular complexity index is 414. The van der Waals surface area contributed by atoms with Gasteiger partial charge in [0.15, 0.2) is 5.82 Å². The number of aromatic nitrogens is 2. The molecule has 1 aromatic rings. The molecule has 2 aliphatic rings. The molecule has 2 saturated heterocycles. The first-order valence-electron chi connectivity index (χ1n) is 8.15. The van der Waals surface area contributed by atoms with Crippen LogP contribution in [0.3, 0.4) is 0 Å². The third kappa shape index (κ3) is 3.20. The Morgan fingerprint density at radius 3 is 3.10 bits per heavy atom. The van der Waals surface area contributed by atoms with Crippen LogP contribution in [0.25, 0.3) is 0 Å². The summed E-state index contributed by atoms with van der Waals surface area (Å²) in [6.07, 6.45) is 8.47. The van der Waals surface area contributed by atoms with E-state index in [2.05, 4.69) is 27.3 Å². The van der Waals surface area contributed by atoms with Gasteiger partial charge in [-0.3, -0.25) is 4.90 Å². The van der Waals surface area contributed by atoms with E-state index in [1.807, 2.05) is 0 Å². The predicted molar refractivity (Wildman–Crippen MR) is 77.4 cm³/mol. The van der Waals surface area contributed by atoms with Gasteiger partial charge in [0, 0.05) is 18.5 Å². The van der Waals surface area contributed by atoms with E-state index in [0.717, 1.165) is 37.6 Å². The number of nitrogens with one attached hydrogen (secondary N) is 1. The molecule has 5 nitrogen and oxygen atoms in total. The Morgan fingerprint density at radius 2 is 2.30 bits per heavy atom. The second-order valence-corrected chi connectivity index (χ2v) is 6.09. The van der Waals surface area contributed by atoms with Crippen molar-refractivity contribution in [2.75, 3.05) is 13.1 Å². The van der Waals surface area contributed by atoms with Crippen LogP contribution in [0, 0.1) is 0 Å². The van der Waals surface area contributed by atoms with E-state index in [-0.39, 0.29) is 0 Å². The summed E-state index contributed by atoms with van der Waals surface area (Å²) in [7, 11) is 0. The fourth-order valence-electron chi connectivity index (χ4n) is 3.51. The number of hydrogen-bond acceptors (Lipinski definition) is 5. The molecule has 1 N–H and O–H groups in total. The second-order valence-electron chi connectivity index (χ2n) is 6.09. The molecule has 3 rings (SSSR count). The van der Waals surface area contributed by atoms with E-state index in [1.165, 1.54) is 38.6 Å². The third-order valence-electron chi connectivity index (χ3n) is 4.58. The van der Waals surface area contributed by atoms with Gasteiger partial charge in [0.25, 0.3) is 0 Å². The SMILES string of the molecule is CCCCc1noc(CN2CCCC2C2CCCN2)n1. The van der Waals surface area contributed by atoms with Crippen molar-refractivity contribution >= 4 is 0 Å². The maximum atomic E-state index is 5.41. The zero-order chi connectivity index (χ0) is 13.8. The van der Waals surface area contributed by atoms with Crippen molar-refractivity contribution < 1.29 is 4.52 Å². The van der Waals surface area contributed by atoms with E-state index < -0.39 is 0 Å². The van der Waals surface area contributed by atoms with Crippen LogP contribution < -0.4 is 5.32 Å². The lowest BCUT2D eigenvalue weighted by Gasteiger charge is -2.28. The lowest BCUT2D eigenvalue weighted by Crippen LogP contribution is -2.43. The molecular weight excluding hydrogens is 252 g/mol. The van der Waals surface area contributed by atoms with E-state index in [4.69, 9.17) is 4.52 Å². The van der Waals surface area contributed by atoms with Crippen molar-refractivity contribution in [3.8, 4) is 0 Å². The first-order chi connectivity index (χ1) is 9.86. The molecule has 0 saturated carbocycles. The minimum Gasteiger partial charge on any atom is -0.338 e. The molecule has 2 fully saturated rings. The molecule has 0 bridgehead atoms. The summed E-state index contributed by atoms with van der Waals surface area (Å²) in [5, 5.41) is 7.73. The molecule has 1 aromatic heterocycles. The minimum absolute atomic E-state index is 0.656. The second kappa shape index (κ2) is 6.68. The van der Waals surface area contributed by atoms with Crippen molar-refractivity contribution in [2.45, 2.75) is 70.5 Å². The average molecular weight is 278 g/mol. The Hall–Kier alpha value is -0.940. The van der Waals surface area contributed by atoms with E-state index in [0.29, 0.717) is 12.1 Å². The molecular formula is C15H26N4O. The molecule has 0 spiro atoms. The molecule has 0 radical (unpaired) electrons. The molecule has 5 heteroatoms. The van der Waals surface area contributed by atoms with Gasteiger partial charge in [-0.25, -0.2) is 0 Å². The lowest BCUT2D eigenvalue weighted by molar-refractivity contribution is 0.182. The highest BCUT2D eigenvalue weighted by Crippen LogP contribution is 2.26. The highest BCUT2D eigenvalue weighted by molar-refractivity contribution is 4.94. The average Bonchev–Trinajstić information content (AvgIpc) is 3.18. The number of rotatable bonds is 6. The fourth-order valence-corrected chi connectivity index (χ4v) is 3.51. The van der Waals surface area contributed by atoms with Gasteiger partial charge >= 0.3 is 0 Å². The lowest BCUT2D eigenvalue weighted by atomic mass is 10.0. The number of aryl methyl sites for hydroxylation is 1. The first kappa shape index (κ1) is 14.0. The van der Waals surface area contributed by atoms with Crippen molar-refractivity contribution in [3.63, 3.8) is 0 Å². The van der Waals surface area contributed by atoms with E-state index in [1.54, 1.807) is 0 Å². The Balaban J connectivity index is 1.57. The number of likely N-dealkylation sites (tertiary alicyclic amines) is 1. The number of nitrogens with zero attached hydrogens (tertiary/aromatic N) is 3. The zero-order valence-electron chi connectivity index (χ0n) is 12.5. The van der Waals surface area contributed by atoms with Crippen LogP contribution in [0.2, 0.25) is 0 Å². The summed E-state index contributed by atoms with van der Waals surface area (Å²) in [4.78, 5) is 7.06. The van der Waals surface area contributed by atoms with Gasteiger partial charge in [0.1, 0.15) is 0 Å². The van der Waals surface area contributed by atoms with Crippen LogP contribution in [0.15, 0.2) is 4.52 Å². The summed E-state index contributed by atoms with van der Waals surface area (Å²) in [6, 6.07) is 1.32. The Morgan fingerprint density at radius 1 is 1.35 bits per heavy atom. The van der Waals surface area contributed by atoms with Gasteiger partial charge in [0.05, 0.1) is 6.54 Å². The van der Waals surface area contributed by atoms with Crippen LogP contribution in [-0.2, 0) is 13.0 Å². The van der Waals surface area contributed by atoms with Crippen molar-refractivity contribution in [3.05, 3.63) is 11.7 Å². The molecule has 20 heavy (non-hydrogen) atoms. The molecule has 2 atom stereocenters. The maximum absolute atomic E-state index is 5.41. The molecule has 112 valence electrons. The summed E-state index contributed by atoms with van der Waals surface area (Å²) in [5.74, 6) is 1.66.